The highest BCUT2D eigenvalue weighted by Gasteiger charge is 2.37. The normalized spacial score (nSPS) is 11.9. The molecule has 0 fully saturated rings. The first-order valence-corrected chi connectivity index (χ1v) is 9.70. The molecule has 0 radical (unpaired) electrons. The second kappa shape index (κ2) is 9.43. The highest BCUT2D eigenvalue weighted by Crippen LogP contribution is 2.43. The lowest BCUT2D eigenvalue weighted by Crippen LogP contribution is -2.23. The van der Waals surface area contributed by atoms with Crippen LogP contribution in [0.5, 0.6) is 0 Å². The monoisotopic (exact) mass is 458 g/mol. The molecule has 2 aromatic rings. The lowest BCUT2D eigenvalue weighted by atomic mass is 9.85. The molecular formula is C19H17Cl3N2O5. The summed E-state index contributed by atoms with van der Waals surface area (Å²) in [5, 5.41) is 20.7. The summed E-state index contributed by atoms with van der Waals surface area (Å²) < 4.78 is 0. The topological polar surface area (TPSA) is 124 Å². The molecule has 29 heavy (non-hydrogen) atoms. The van der Waals surface area contributed by atoms with Crippen LogP contribution in [0.15, 0.2) is 24.3 Å². The summed E-state index contributed by atoms with van der Waals surface area (Å²) in [5.74, 6) is -3.13. The standard InChI is InChI=1S/C19H17Cl3N2O5/c1-2-5-10(8-9-6-3-4-7-11(9)20)18(25)13-12(19(26)27)14(21)15(22)16(23)17(13)24(28)29/h3-4,6-7,10H,2,5,8,23H2,1H3,(H,26,27). The predicted molar refractivity (Wildman–Crippen MR) is 112 cm³/mol. The molecule has 0 aliphatic heterocycles. The summed E-state index contributed by atoms with van der Waals surface area (Å²) in [6, 6.07) is 6.87. The van der Waals surface area contributed by atoms with Gasteiger partial charge in [-0.1, -0.05) is 66.3 Å². The van der Waals surface area contributed by atoms with Crippen LogP contribution >= 0.6 is 34.8 Å². The maximum absolute atomic E-state index is 13.3. The first kappa shape index (κ1) is 22.9. The Balaban J connectivity index is 2.72. The van der Waals surface area contributed by atoms with E-state index < -0.39 is 55.1 Å². The van der Waals surface area contributed by atoms with Crippen LogP contribution in [0.25, 0.3) is 0 Å². The zero-order chi connectivity index (χ0) is 21.9. The molecule has 0 aromatic heterocycles. The molecule has 3 N–H and O–H groups in total. The number of anilines is 1. The number of Topliss-reactive ketones (excluding diaryl/α,β-unsaturated/α-hetero) is 1. The maximum Gasteiger partial charge on any atom is 0.338 e. The number of ketones is 1. The second-order valence-corrected chi connectivity index (χ2v) is 7.51. The number of rotatable bonds is 8. The van der Waals surface area contributed by atoms with Crippen LogP contribution < -0.4 is 5.73 Å². The van der Waals surface area contributed by atoms with Crippen molar-refractivity contribution in [3.63, 3.8) is 0 Å². The molecule has 0 saturated heterocycles. The smallest absolute Gasteiger partial charge is 0.338 e. The molecule has 0 bridgehead atoms. The van der Waals surface area contributed by atoms with Crippen LogP contribution in [-0.2, 0) is 6.42 Å². The van der Waals surface area contributed by atoms with Crippen LogP contribution in [-0.4, -0.2) is 21.8 Å². The average molecular weight is 460 g/mol. The third-order valence-corrected chi connectivity index (χ3v) is 5.70. The minimum atomic E-state index is -1.61. The van der Waals surface area contributed by atoms with Crippen LogP contribution in [0.3, 0.4) is 0 Å². The highest BCUT2D eigenvalue weighted by atomic mass is 35.5. The molecule has 2 rings (SSSR count). The first-order valence-electron chi connectivity index (χ1n) is 8.57. The van der Waals surface area contributed by atoms with Crippen molar-refractivity contribution in [1.29, 1.82) is 0 Å². The molecule has 0 amide bonds. The zero-order valence-corrected chi connectivity index (χ0v) is 17.5. The molecular weight excluding hydrogens is 443 g/mol. The van der Waals surface area contributed by atoms with E-state index in [9.17, 15) is 24.8 Å². The van der Waals surface area contributed by atoms with Gasteiger partial charge in [-0.05, 0) is 24.5 Å². The number of carboxylic acid groups (broad SMARTS) is 1. The Bertz CT molecular complexity index is 953. The Morgan fingerprint density at radius 1 is 1.17 bits per heavy atom. The van der Waals surface area contributed by atoms with Crippen molar-refractivity contribution in [1.82, 2.24) is 0 Å². The molecule has 7 nitrogen and oxygen atoms in total. The van der Waals surface area contributed by atoms with E-state index in [-0.39, 0.29) is 6.42 Å². The van der Waals surface area contributed by atoms with Gasteiger partial charge in [0.1, 0.15) is 11.3 Å². The number of nitrogens with zero attached hydrogens (tertiary/aromatic N) is 1. The number of carboxylic acids is 1. The van der Waals surface area contributed by atoms with Crippen molar-refractivity contribution in [2.45, 2.75) is 26.2 Å². The first-order chi connectivity index (χ1) is 13.6. The van der Waals surface area contributed by atoms with Gasteiger partial charge in [0, 0.05) is 10.9 Å². The van der Waals surface area contributed by atoms with E-state index in [4.69, 9.17) is 40.5 Å². The lowest BCUT2D eigenvalue weighted by molar-refractivity contribution is -0.384. The van der Waals surface area contributed by atoms with Crippen molar-refractivity contribution < 1.29 is 19.6 Å². The van der Waals surface area contributed by atoms with E-state index >= 15 is 0 Å². The van der Waals surface area contributed by atoms with E-state index in [0.717, 1.165) is 0 Å². The summed E-state index contributed by atoms with van der Waals surface area (Å²) in [6.07, 6.45) is 1.09. The molecule has 0 aliphatic carbocycles. The number of carbonyl (C=O) groups is 2. The molecule has 0 heterocycles. The van der Waals surface area contributed by atoms with Gasteiger partial charge >= 0.3 is 11.7 Å². The van der Waals surface area contributed by atoms with E-state index in [1.165, 1.54) is 0 Å². The quantitative estimate of drug-likeness (QED) is 0.226. The Hall–Kier alpha value is -2.35. The van der Waals surface area contributed by atoms with E-state index in [0.29, 0.717) is 23.4 Å². The van der Waals surface area contributed by atoms with Gasteiger partial charge in [-0.25, -0.2) is 4.79 Å². The Kier molecular flexibility index (Phi) is 7.46. The minimum absolute atomic E-state index is 0.169. The summed E-state index contributed by atoms with van der Waals surface area (Å²) in [6.45, 7) is 1.84. The third kappa shape index (κ3) is 4.63. The number of nitro groups is 1. The Morgan fingerprint density at radius 3 is 2.31 bits per heavy atom. The van der Waals surface area contributed by atoms with Gasteiger partial charge in [-0.15, -0.1) is 0 Å². The van der Waals surface area contributed by atoms with Gasteiger partial charge in [0.25, 0.3) is 0 Å². The number of carbonyl (C=O) groups excluding carboxylic acids is 1. The molecule has 1 atom stereocenters. The average Bonchev–Trinajstić information content (AvgIpc) is 2.65. The molecule has 0 spiro atoms. The molecule has 10 heteroatoms. The zero-order valence-electron chi connectivity index (χ0n) is 15.2. The fourth-order valence-electron chi connectivity index (χ4n) is 3.13. The van der Waals surface area contributed by atoms with Crippen LogP contribution in [0, 0.1) is 16.0 Å². The Morgan fingerprint density at radius 2 is 1.79 bits per heavy atom. The van der Waals surface area contributed by atoms with Crippen LogP contribution in [0.4, 0.5) is 11.4 Å². The van der Waals surface area contributed by atoms with Gasteiger partial charge in [-0.3, -0.25) is 14.9 Å². The Labute approximate surface area is 181 Å². The SMILES string of the molecule is CCCC(Cc1ccccc1Cl)C(=O)c1c(C(=O)O)c(Cl)c(Cl)c(N)c1[N+](=O)[O-]. The number of benzene rings is 2. The van der Waals surface area contributed by atoms with Crippen molar-refractivity contribution in [2.75, 3.05) is 5.73 Å². The summed E-state index contributed by atoms with van der Waals surface area (Å²) in [4.78, 5) is 35.9. The van der Waals surface area contributed by atoms with Gasteiger partial charge in [0.15, 0.2) is 5.78 Å². The number of nitro benzene ring substituents is 1. The maximum atomic E-state index is 13.3. The largest absolute Gasteiger partial charge is 0.478 e. The van der Waals surface area contributed by atoms with Crippen molar-refractivity contribution in [3.8, 4) is 0 Å². The van der Waals surface area contributed by atoms with Crippen molar-refractivity contribution in [3.05, 3.63) is 66.1 Å². The summed E-state index contributed by atoms with van der Waals surface area (Å²) in [5.41, 5.74) is 3.58. The minimum Gasteiger partial charge on any atom is -0.478 e. The number of nitrogen functional groups attached to an aromatic ring is 1. The van der Waals surface area contributed by atoms with Gasteiger partial charge in [-0.2, -0.15) is 0 Å². The second-order valence-electron chi connectivity index (χ2n) is 6.35. The van der Waals surface area contributed by atoms with Crippen molar-refractivity contribution in [2.24, 2.45) is 5.92 Å². The van der Waals surface area contributed by atoms with E-state index in [1.54, 1.807) is 24.3 Å². The fourth-order valence-corrected chi connectivity index (χ4v) is 3.81. The van der Waals surface area contributed by atoms with Gasteiger partial charge < -0.3 is 10.8 Å². The number of hydrogen-bond donors (Lipinski definition) is 2. The van der Waals surface area contributed by atoms with E-state index in [1.807, 2.05) is 6.92 Å². The van der Waals surface area contributed by atoms with Gasteiger partial charge in [0.05, 0.1) is 20.5 Å². The number of hydrogen-bond acceptors (Lipinski definition) is 5. The van der Waals surface area contributed by atoms with E-state index in [2.05, 4.69) is 0 Å². The number of nitrogens with two attached hydrogens (primary N) is 1. The number of halogens is 3. The fraction of sp³-hybridized carbons (Fsp3) is 0.263. The highest BCUT2D eigenvalue weighted by molar-refractivity contribution is 6.46. The predicted octanol–water partition coefficient (Wildman–Crippen LogP) is 5.68. The molecule has 1 unspecified atom stereocenters. The van der Waals surface area contributed by atoms with Gasteiger partial charge in [0.2, 0.25) is 0 Å². The third-order valence-electron chi connectivity index (χ3n) is 4.47. The molecule has 154 valence electrons. The van der Waals surface area contributed by atoms with Crippen LogP contribution in [0.2, 0.25) is 15.1 Å². The molecule has 0 aliphatic rings. The lowest BCUT2D eigenvalue weighted by Gasteiger charge is -2.19. The molecule has 2 aromatic carbocycles. The summed E-state index contributed by atoms with van der Waals surface area (Å²) in [7, 11) is 0. The summed E-state index contributed by atoms with van der Waals surface area (Å²) >= 11 is 18.1. The number of aromatic carboxylic acids is 1. The van der Waals surface area contributed by atoms with Crippen LogP contribution in [0.1, 0.15) is 46.0 Å². The van der Waals surface area contributed by atoms with Crippen molar-refractivity contribution >= 4 is 57.9 Å². The molecule has 0 saturated carbocycles.